The second-order valence-corrected chi connectivity index (χ2v) is 11.5. The molecule has 6 heteroatoms. The zero-order chi connectivity index (χ0) is 22.6. The van der Waals surface area contributed by atoms with Gasteiger partial charge in [0.15, 0.2) is 0 Å². The third-order valence-corrected chi connectivity index (χ3v) is 8.01. The summed E-state index contributed by atoms with van der Waals surface area (Å²) in [5.74, 6) is 0. The van der Waals surface area contributed by atoms with Crippen LogP contribution < -0.4 is 0 Å². The van der Waals surface area contributed by atoms with Crippen LogP contribution in [0.1, 0.15) is 62.8 Å². The monoisotopic (exact) mass is 463 g/mol. The van der Waals surface area contributed by atoms with Crippen molar-refractivity contribution in [1.29, 1.82) is 0 Å². The van der Waals surface area contributed by atoms with E-state index < -0.39 is 11.7 Å². The fourth-order valence-electron chi connectivity index (χ4n) is 4.37. The van der Waals surface area contributed by atoms with Crippen LogP contribution in [0.15, 0.2) is 46.9 Å². The van der Waals surface area contributed by atoms with Crippen molar-refractivity contribution in [3.63, 3.8) is 0 Å². The van der Waals surface area contributed by atoms with Gasteiger partial charge >= 0.3 is 6.18 Å². The molecule has 0 N–H and O–H groups in total. The summed E-state index contributed by atoms with van der Waals surface area (Å²) in [7, 11) is -0.259. The van der Waals surface area contributed by atoms with Crippen molar-refractivity contribution in [2.24, 2.45) is 4.99 Å². The minimum atomic E-state index is -4.48. The second kappa shape index (κ2) is 7.63. The van der Waals surface area contributed by atoms with Gasteiger partial charge in [-0.25, -0.2) is 0 Å². The highest BCUT2D eigenvalue weighted by Gasteiger charge is 2.42. The fourth-order valence-corrected chi connectivity index (χ4v) is 5.68. The molecule has 2 aromatic carbocycles. The van der Waals surface area contributed by atoms with E-state index in [2.05, 4.69) is 18.8 Å². The van der Waals surface area contributed by atoms with Crippen LogP contribution in [0.2, 0.25) is 5.02 Å². The van der Waals surface area contributed by atoms with Crippen molar-refractivity contribution < 1.29 is 13.2 Å². The average molecular weight is 464 g/mol. The Hall–Kier alpha value is -1.85. The molecule has 2 aromatic rings. The first-order valence-corrected chi connectivity index (χ1v) is 12.0. The summed E-state index contributed by atoms with van der Waals surface area (Å²) in [6.07, 6.45) is -0.973. The van der Waals surface area contributed by atoms with Gasteiger partial charge in [0.2, 0.25) is 0 Å². The minimum absolute atomic E-state index is 0.149. The summed E-state index contributed by atoms with van der Waals surface area (Å²) >= 11 is 6.46. The third-order valence-electron chi connectivity index (χ3n) is 6.34. The number of fused-ring (bicyclic) bond motifs is 1. The van der Waals surface area contributed by atoms with E-state index >= 15 is 0 Å². The first kappa shape index (κ1) is 22.3. The summed E-state index contributed by atoms with van der Waals surface area (Å²) in [6, 6.07) is 8.37. The number of rotatable bonds is 2. The van der Waals surface area contributed by atoms with Gasteiger partial charge in [-0.1, -0.05) is 45.4 Å². The largest absolute Gasteiger partial charge is 0.417 e. The molecule has 1 nitrogen and oxygen atoms in total. The number of hydrogen-bond donors (Lipinski definition) is 0. The van der Waals surface area contributed by atoms with Crippen LogP contribution in [0.4, 0.5) is 13.2 Å². The van der Waals surface area contributed by atoms with Crippen LogP contribution in [0.5, 0.6) is 0 Å². The minimum Gasteiger partial charge on any atom is -0.258 e. The van der Waals surface area contributed by atoms with Crippen molar-refractivity contribution in [2.45, 2.75) is 57.5 Å². The van der Waals surface area contributed by atoms with E-state index in [0.717, 1.165) is 29.5 Å². The molecule has 1 heterocycles. The fraction of sp³-hybridized carbons (Fsp3) is 0.360. The highest BCUT2D eigenvalue weighted by Crippen LogP contribution is 2.50. The van der Waals surface area contributed by atoms with Crippen molar-refractivity contribution in [2.75, 3.05) is 0 Å². The van der Waals surface area contributed by atoms with Crippen LogP contribution >= 0.6 is 22.1 Å². The van der Waals surface area contributed by atoms with Crippen molar-refractivity contribution in [3.05, 3.63) is 69.2 Å². The van der Waals surface area contributed by atoms with E-state index in [9.17, 15) is 13.2 Å². The number of hydrogen-bond acceptors (Lipinski definition) is 1. The molecule has 0 spiro atoms. The van der Waals surface area contributed by atoms with E-state index in [4.69, 9.17) is 11.6 Å². The normalized spacial score (nSPS) is 21.5. The Morgan fingerprint density at radius 3 is 2.19 bits per heavy atom. The molecule has 0 radical (unpaired) electrons. The van der Waals surface area contributed by atoms with E-state index in [1.54, 1.807) is 24.4 Å². The molecule has 2 aliphatic rings. The molecule has 1 unspecified atom stereocenters. The number of alkyl halides is 3. The topological polar surface area (TPSA) is 12.4 Å². The molecule has 0 saturated carbocycles. The van der Waals surface area contributed by atoms with Gasteiger partial charge in [0.1, 0.15) is 0 Å². The Morgan fingerprint density at radius 2 is 1.61 bits per heavy atom. The average Bonchev–Trinajstić information content (AvgIpc) is 3.18. The summed E-state index contributed by atoms with van der Waals surface area (Å²) in [5, 5.41) is 4.26. The molecule has 0 saturated heterocycles. The first-order valence-electron chi connectivity index (χ1n) is 10.2. The van der Waals surface area contributed by atoms with Crippen LogP contribution in [-0.4, -0.2) is 10.9 Å². The predicted molar refractivity (Wildman–Crippen MR) is 128 cm³/mol. The molecule has 4 rings (SSSR count). The Kier molecular flexibility index (Phi) is 5.50. The molecule has 0 aromatic heterocycles. The second-order valence-electron chi connectivity index (χ2n) is 9.51. The zero-order valence-electron chi connectivity index (χ0n) is 18.0. The summed E-state index contributed by atoms with van der Waals surface area (Å²) in [5.41, 5.74) is 3.83. The molecular formula is C25H25ClF3NS. The number of aliphatic imine (C=N–C) groups is 1. The van der Waals surface area contributed by atoms with Gasteiger partial charge in [-0.2, -0.15) is 13.2 Å². The van der Waals surface area contributed by atoms with E-state index in [-0.39, 0.29) is 26.9 Å². The Labute approximate surface area is 189 Å². The van der Waals surface area contributed by atoms with E-state index in [0.29, 0.717) is 10.6 Å². The molecular weight excluding hydrogens is 439 g/mol. The Morgan fingerprint density at radius 1 is 0.968 bits per heavy atom. The molecule has 0 amide bonds. The Balaban J connectivity index is 1.98. The summed E-state index contributed by atoms with van der Waals surface area (Å²) < 4.78 is 42.7. The maximum atomic E-state index is 14.2. The third kappa shape index (κ3) is 4.27. The van der Waals surface area contributed by atoms with Gasteiger partial charge in [-0.05, 0) is 81.0 Å². The molecule has 1 atom stereocenters. The number of benzene rings is 2. The van der Waals surface area contributed by atoms with Crippen molar-refractivity contribution in [3.8, 4) is 11.1 Å². The highest BCUT2D eigenvalue weighted by atomic mass is 35.5. The molecule has 0 fully saturated rings. The lowest BCUT2D eigenvalue weighted by Crippen LogP contribution is -2.34. The SMILES string of the molecule is CC1(C)CCC(C)(C)c2cc(C(F)(F)F)c(-c3cc(C=S4C=CN=C4)ccc3Cl)cc21. The lowest BCUT2D eigenvalue weighted by atomic mass is 9.62. The highest BCUT2D eigenvalue weighted by molar-refractivity contribution is 8.29. The van der Waals surface area contributed by atoms with Gasteiger partial charge in [0.25, 0.3) is 0 Å². The summed E-state index contributed by atoms with van der Waals surface area (Å²) in [4.78, 5) is 4.08. The quantitative estimate of drug-likeness (QED) is 0.397. The van der Waals surface area contributed by atoms with Gasteiger partial charge < -0.3 is 0 Å². The van der Waals surface area contributed by atoms with Gasteiger partial charge in [0.05, 0.1) is 11.1 Å². The van der Waals surface area contributed by atoms with Crippen LogP contribution in [-0.2, 0) is 17.0 Å². The molecule has 1 aliphatic heterocycles. The van der Waals surface area contributed by atoms with Gasteiger partial charge in [-0.15, -0.1) is 10.5 Å². The smallest absolute Gasteiger partial charge is 0.258 e. The van der Waals surface area contributed by atoms with E-state index in [1.807, 2.05) is 36.2 Å². The number of halogens is 4. The Bertz CT molecular complexity index is 1130. The lowest BCUT2D eigenvalue weighted by Gasteiger charge is -2.42. The van der Waals surface area contributed by atoms with Crippen LogP contribution in [0.3, 0.4) is 0 Å². The molecule has 31 heavy (non-hydrogen) atoms. The lowest BCUT2D eigenvalue weighted by molar-refractivity contribution is -0.137. The van der Waals surface area contributed by atoms with Crippen LogP contribution in [0.25, 0.3) is 11.1 Å². The standard InChI is InChI=1S/C25H25ClF3NS/c1-23(2)7-8-24(3,4)21-13-19(25(27,28)29)17(12-20(21)23)18-11-16(5-6-22(18)26)14-31-10-9-30-15-31/h5-6,9-15H,7-8H2,1-4H3. The molecule has 164 valence electrons. The van der Waals surface area contributed by atoms with Crippen LogP contribution in [0, 0.1) is 0 Å². The van der Waals surface area contributed by atoms with Gasteiger partial charge in [-0.3, -0.25) is 4.99 Å². The van der Waals surface area contributed by atoms with Crippen molar-refractivity contribution >= 4 is 33.0 Å². The predicted octanol–water partition coefficient (Wildman–Crippen LogP) is 8.31. The molecule has 0 bridgehead atoms. The maximum absolute atomic E-state index is 14.2. The zero-order valence-corrected chi connectivity index (χ0v) is 19.6. The molecule has 1 aliphatic carbocycles. The first-order chi connectivity index (χ1) is 14.4. The van der Waals surface area contributed by atoms with Gasteiger partial charge in [0, 0.05) is 16.8 Å². The summed E-state index contributed by atoms with van der Waals surface area (Å²) in [6.45, 7) is 8.27. The number of nitrogens with zero attached hydrogens (tertiary/aromatic N) is 1. The maximum Gasteiger partial charge on any atom is 0.417 e. The van der Waals surface area contributed by atoms with Crippen molar-refractivity contribution in [1.82, 2.24) is 0 Å². The van der Waals surface area contributed by atoms with E-state index in [1.165, 1.54) is 6.07 Å².